The predicted molar refractivity (Wildman–Crippen MR) is 106 cm³/mol. The Kier molecular flexibility index (Phi) is 4.62. The standard InChI is InChI=1S/C23H17FN2O/c24-19-8-10-20(11-9-19)26-23(27)14-16-4-6-18(7-5-16)21-3-1-2-17-12-13-25-15-22(17)21/h1-13,15H,14H2,(H,26,27). The molecule has 0 saturated heterocycles. The van der Waals surface area contributed by atoms with Gasteiger partial charge < -0.3 is 5.32 Å². The lowest BCUT2D eigenvalue weighted by molar-refractivity contribution is -0.115. The van der Waals surface area contributed by atoms with Gasteiger partial charge in [-0.1, -0.05) is 42.5 Å². The molecule has 4 heteroatoms. The topological polar surface area (TPSA) is 42.0 Å². The summed E-state index contributed by atoms with van der Waals surface area (Å²) in [6.45, 7) is 0. The molecule has 4 rings (SSSR count). The average Bonchev–Trinajstić information content (AvgIpc) is 2.70. The monoisotopic (exact) mass is 356 g/mol. The summed E-state index contributed by atoms with van der Waals surface area (Å²) in [6, 6.07) is 21.8. The van der Waals surface area contributed by atoms with E-state index in [2.05, 4.69) is 22.4 Å². The van der Waals surface area contributed by atoms with Gasteiger partial charge in [0, 0.05) is 23.5 Å². The number of pyridine rings is 1. The number of benzene rings is 3. The SMILES string of the molecule is O=C(Cc1ccc(-c2cccc3ccncc23)cc1)Nc1ccc(F)cc1. The van der Waals surface area contributed by atoms with Crippen molar-refractivity contribution in [2.45, 2.75) is 6.42 Å². The van der Waals surface area contributed by atoms with Crippen molar-refractivity contribution in [2.75, 3.05) is 5.32 Å². The lowest BCUT2D eigenvalue weighted by Crippen LogP contribution is -2.14. The molecule has 27 heavy (non-hydrogen) atoms. The summed E-state index contributed by atoms with van der Waals surface area (Å²) in [5.74, 6) is -0.462. The molecule has 0 atom stereocenters. The number of aromatic nitrogens is 1. The molecule has 1 heterocycles. The van der Waals surface area contributed by atoms with E-state index in [-0.39, 0.29) is 18.1 Å². The van der Waals surface area contributed by atoms with Crippen molar-refractivity contribution in [1.29, 1.82) is 0 Å². The Morgan fingerprint density at radius 2 is 1.70 bits per heavy atom. The maximum atomic E-state index is 12.9. The lowest BCUT2D eigenvalue weighted by atomic mass is 9.98. The first-order valence-corrected chi connectivity index (χ1v) is 8.66. The molecule has 0 spiro atoms. The second-order valence-electron chi connectivity index (χ2n) is 6.33. The Labute approximate surface area is 156 Å². The van der Waals surface area contributed by atoms with Crippen LogP contribution in [0.2, 0.25) is 0 Å². The summed E-state index contributed by atoms with van der Waals surface area (Å²) in [7, 11) is 0. The molecule has 0 aliphatic heterocycles. The summed E-state index contributed by atoms with van der Waals surface area (Å²) >= 11 is 0. The third-order valence-corrected chi connectivity index (χ3v) is 4.44. The number of hydrogen-bond acceptors (Lipinski definition) is 2. The highest BCUT2D eigenvalue weighted by Gasteiger charge is 2.07. The largest absolute Gasteiger partial charge is 0.326 e. The van der Waals surface area contributed by atoms with Gasteiger partial charge in [-0.3, -0.25) is 9.78 Å². The molecule has 0 fully saturated rings. The summed E-state index contributed by atoms with van der Waals surface area (Å²) in [5.41, 5.74) is 3.69. The van der Waals surface area contributed by atoms with Crippen LogP contribution in [0.1, 0.15) is 5.56 Å². The van der Waals surface area contributed by atoms with E-state index < -0.39 is 0 Å². The highest BCUT2D eigenvalue weighted by Crippen LogP contribution is 2.28. The number of nitrogens with zero attached hydrogens (tertiary/aromatic N) is 1. The van der Waals surface area contributed by atoms with Gasteiger partial charge in [-0.05, 0) is 52.4 Å². The molecule has 1 amide bonds. The Morgan fingerprint density at radius 1 is 0.926 bits per heavy atom. The van der Waals surface area contributed by atoms with Crippen LogP contribution in [0.25, 0.3) is 21.9 Å². The Bertz CT molecular complexity index is 1080. The van der Waals surface area contributed by atoms with Crippen LogP contribution in [0.15, 0.2) is 85.2 Å². The molecule has 4 aromatic rings. The van der Waals surface area contributed by atoms with Crippen LogP contribution in [0.5, 0.6) is 0 Å². The van der Waals surface area contributed by atoms with Gasteiger partial charge in [0.15, 0.2) is 0 Å². The van der Waals surface area contributed by atoms with Crippen LogP contribution >= 0.6 is 0 Å². The minimum absolute atomic E-state index is 0.135. The van der Waals surface area contributed by atoms with Crippen molar-refractivity contribution in [2.24, 2.45) is 0 Å². The number of fused-ring (bicyclic) bond motifs is 1. The predicted octanol–water partition coefficient (Wildman–Crippen LogP) is 5.22. The van der Waals surface area contributed by atoms with Gasteiger partial charge in [0.2, 0.25) is 5.91 Å². The zero-order valence-corrected chi connectivity index (χ0v) is 14.5. The number of carbonyl (C=O) groups excluding carboxylic acids is 1. The van der Waals surface area contributed by atoms with E-state index in [9.17, 15) is 9.18 Å². The fraction of sp³-hybridized carbons (Fsp3) is 0.0435. The smallest absolute Gasteiger partial charge is 0.228 e. The second-order valence-corrected chi connectivity index (χ2v) is 6.33. The van der Waals surface area contributed by atoms with Crippen molar-refractivity contribution in [3.8, 4) is 11.1 Å². The van der Waals surface area contributed by atoms with E-state index in [0.29, 0.717) is 5.69 Å². The number of halogens is 1. The van der Waals surface area contributed by atoms with E-state index in [4.69, 9.17) is 0 Å². The maximum Gasteiger partial charge on any atom is 0.228 e. The third kappa shape index (κ3) is 3.85. The van der Waals surface area contributed by atoms with Crippen molar-refractivity contribution in [1.82, 2.24) is 4.98 Å². The molecule has 3 aromatic carbocycles. The first-order valence-electron chi connectivity index (χ1n) is 8.66. The van der Waals surface area contributed by atoms with Crippen LogP contribution in [-0.4, -0.2) is 10.9 Å². The second kappa shape index (κ2) is 7.38. The lowest BCUT2D eigenvalue weighted by Gasteiger charge is -2.08. The van der Waals surface area contributed by atoms with Crippen LogP contribution in [0, 0.1) is 5.82 Å². The Hall–Kier alpha value is -3.53. The van der Waals surface area contributed by atoms with Crippen LogP contribution in [0.4, 0.5) is 10.1 Å². The first kappa shape index (κ1) is 16.9. The minimum Gasteiger partial charge on any atom is -0.326 e. The van der Waals surface area contributed by atoms with E-state index in [1.165, 1.54) is 12.1 Å². The summed E-state index contributed by atoms with van der Waals surface area (Å²) in [4.78, 5) is 16.4. The summed E-state index contributed by atoms with van der Waals surface area (Å²) < 4.78 is 12.9. The minimum atomic E-state index is -0.327. The van der Waals surface area contributed by atoms with Gasteiger partial charge in [-0.25, -0.2) is 4.39 Å². The van der Waals surface area contributed by atoms with Crippen molar-refractivity contribution >= 4 is 22.4 Å². The number of nitrogens with one attached hydrogen (secondary N) is 1. The summed E-state index contributed by atoms with van der Waals surface area (Å²) in [5, 5.41) is 5.02. The molecule has 3 nitrogen and oxygen atoms in total. The van der Waals surface area contributed by atoms with Gasteiger partial charge in [0.05, 0.1) is 6.42 Å². The van der Waals surface area contributed by atoms with Gasteiger partial charge in [-0.2, -0.15) is 0 Å². The molecule has 132 valence electrons. The fourth-order valence-electron chi connectivity index (χ4n) is 3.09. The Balaban J connectivity index is 1.50. The highest BCUT2D eigenvalue weighted by atomic mass is 19.1. The number of hydrogen-bond donors (Lipinski definition) is 1. The molecular formula is C23H17FN2O. The fourth-order valence-corrected chi connectivity index (χ4v) is 3.09. The zero-order chi connectivity index (χ0) is 18.6. The van der Waals surface area contributed by atoms with Gasteiger partial charge in [0.1, 0.15) is 5.82 Å². The van der Waals surface area contributed by atoms with Gasteiger partial charge in [-0.15, -0.1) is 0 Å². The summed E-state index contributed by atoms with van der Waals surface area (Å²) in [6.07, 6.45) is 3.92. The van der Waals surface area contributed by atoms with Gasteiger partial charge in [0.25, 0.3) is 0 Å². The molecule has 0 radical (unpaired) electrons. The number of carbonyl (C=O) groups is 1. The normalized spacial score (nSPS) is 10.7. The zero-order valence-electron chi connectivity index (χ0n) is 14.5. The van der Waals surface area contributed by atoms with Crippen LogP contribution < -0.4 is 5.32 Å². The number of amides is 1. The highest BCUT2D eigenvalue weighted by molar-refractivity contribution is 5.96. The number of anilines is 1. The first-order chi connectivity index (χ1) is 13.2. The van der Waals surface area contributed by atoms with Crippen molar-refractivity contribution < 1.29 is 9.18 Å². The Morgan fingerprint density at radius 3 is 2.48 bits per heavy atom. The van der Waals surface area contributed by atoms with Crippen LogP contribution in [-0.2, 0) is 11.2 Å². The molecule has 0 aliphatic rings. The van der Waals surface area contributed by atoms with Crippen molar-refractivity contribution in [3.05, 3.63) is 96.6 Å². The van der Waals surface area contributed by atoms with E-state index in [1.807, 2.05) is 42.6 Å². The molecular weight excluding hydrogens is 339 g/mol. The van der Waals surface area contributed by atoms with Gasteiger partial charge >= 0.3 is 0 Å². The van der Waals surface area contributed by atoms with E-state index in [0.717, 1.165) is 27.5 Å². The number of rotatable bonds is 4. The van der Waals surface area contributed by atoms with Crippen LogP contribution in [0.3, 0.4) is 0 Å². The average molecular weight is 356 g/mol. The maximum absolute atomic E-state index is 12.9. The van der Waals surface area contributed by atoms with E-state index >= 15 is 0 Å². The quantitative estimate of drug-likeness (QED) is 0.544. The molecule has 0 bridgehead atoms. The molecule has 0 aliphatic carbocycles. The van der Waals surface area contributed by atoms with E-state index in [1.54, 1.807) is 18.3 Å². The molecule has 1 aromatic heterocycles. The molecule has 0 saturated carbocycles. The molecule has 1 N–H and O–H groups in total. The third-order valence-electron chi connectivity index (χ3n) is 4.44. The molecule has 0 unspecified atom stereocenters. The van der Waals surface area contributed by atoms with Crippen molar-refractivity contribution in [3.63, 3.8) is 0 Å².